The molecule has 26 heavy (non-hydrogen) atoms. The molecule has 0 aliphatic carbocycles. The zero-order valence-electron chi connectivity index (χ0n) is 14.8. The van der Waals surface area contributed by atoms with E-state index in [0.717, 1.165) is 27.7 Å². The number of ether oxygens (including phenoxy) is 1. The first-order valence-corrected chi connectivity index (χ1v) is 8.36. The van der Waals surface area contributed by atoms with Crippen LogP contribution >= 0.6 is 0 Å². The first-order valence-electron chi connectivity index (χ1n) is 8.36. The van der Waals surface area contributed by atoms with Crippen LogP contribution in [0.2, 0.25) is 0 Å². The highest BCUT2D eigenvalue weighted by Crippen LogP contribution is 2.22. The molecule has 0 bridgehead atoms. The van der Waals surface area contributed by atoms with Crippen LogP contribution < -0.4 is 15.6 Å². The summed E-state index contributed by atoms with van der Waals surface area (Å²) >= 11 is 0. The van der Waals surface area contributed by atoms with Crippen molar-refractivity contribution in [2.75, 3.05) is 6.61 Å². The molecular weight excluding hydrogens is 330 g/mol. The number of hydrazine groups is 1. The summed E-state index contributed by atoms with van der Waals surface area (Å²) in [5, 5.41) is 1.01. The van der Waals surface area contributed by atoms with Crippen molar-refractivity contribution in [1.29, 1.82) is 0 Å². The molecule has 3 aromatic rings. The summed E-state index contributed by atoms with van der Waals surface area (Å²) in [5.74, 6) is -0.0989. The van der Waals surface area contributed by atoms with Gasteiger partial charge in [0.1, 0.15) is 5.75 Å². The average Bonchev–Trinajstić information content (AvgIpc) is 2.94. The van der Waals surface area contributed by atoms with Crippen molar-refractivity contribution in [1.82, 2.24) is 15.8 Å². The van der Waals surface area contributed by atoms with E-state index < -0.39 is 5.91 Å². The van der Waals surface area contributed by atoms with Gasteiger partial charge in [-0.25, -0.2) is 0 Å². The number of benzene rings is 2. The molecule has 0 unspecified atom stereocenters. The number of H-pyrrole nitrogens is 1. The number of aromatic nitrogens is 1. The lowest BCUT2D eigenvalue weighted by Gasteiger charge is -2.09. The van der Waals surface area contributed by atoms with Crippen LogP contribution in [0.25, 0.3) is 10.9 Å². The first-order chi connectivity index (χ1) is 12.5. The average molecular weight is 351 g/mol. The van der Waals surface area contributed by atoms with Crippen LogP contribution in [-0.4, -0.2) is 23.4 Å². The SMILES string of the molecule is Cc1cccc(OCC(=O)NNC(=O)Cc2c(C)[nH]c3ccccc23)c1. The van der Waals surface area contributed by atoms with Crippen molar-refractivity contribution in [3.63, 3.8) is 0 Å². The second kappa shape index (κ2) is 7.74. The molecule has 1 heterocycles. The Labute approximate surface area is 151 Å². The van der Waals surface area contributed by atoms with Crippen molar-refractivity contribution in [3.8, 4) is 5.75 Å². The topological polar surface area (TPSA) is 83.2 Å². The maximum atomic E-state index is 12.1. The number of para-hydroxylation sites is 1. The predicted molar refractivity (Wildman–Crippen MR) is 99.7 cm³/mol. The van der Waals surface area contributed by atoms with E-state index in [2.05, 4.69) is 15.8 Å². The number of rotatable bonds is 5. The van der Waals surface area contributed by atoms with Gasteiger partial charge in [0.15, 0.2) is 6.61 Å². The zero-order valence-corrected chi connectivity index (χ0v) is 14.8. The van der Waals surface area contributed by atoms with Gasteiger partial charge < -0.3 is 9.72 Å². The fourth-order valence-corrected chi connectivity index (χ4v) is 2.80. The molecule has 134 valence electrons. The Morgan fingerprint density at radius 1 is 1.00 bits per heavy atom. The minimum Gasteiger partial charge on any atom is -0.484 e. The molecule has 6 heteroatoms. The van der Waals surface area contributed by atoms with Gasteiger partial charge in [-0.15, -0.1) is 0 Å². The van der Waals surface area contributed by atoms with Crippen LogP contribution in [0, 0.1) is 13.8 Å². The summed E-state index contributed by atoms with van der Waals surface area (Å²) in [6.45, 7) is 3.70. The molecule has 6 nitrogen and oxygen atoms in total. The third kappa shape index (κ3) is 4.22. The van der Waals surface area contributed by atoms with E-state index >= 15 is 0 Å². The van der Waals surface area contributed by atoms with Crippen molar-refractivity contribution in [2.45, 2.75) is 20.3 Å². The molecule has 0 aliphatic heterocycles. The van der Waals surface area contributed by atoms with Crippen molar-refractivity contribution < 1.29 is 14.3 Å². The van der Waals surface area contributed by atoms with E-state index in [9.17, 15) is 9.59 Å². The van der Waals surface area contributed by atoms with Gasteiger partial charge in [0.2, 0.25) is 5.91 Å². The minimum absolute atomic E-state index is 0.171. The highest BCUT2D eigenvalue weighted by atomic mass is 16.5. The Morgan fingerprint density at radius 2 is 1.77 bits per heavy atom. The monoisotopic (exact) mass is 351 g/mol. The third-order valence-electron chi connectivity index (χ3n) is 4.07. The maximum absolute atomic E-state index is 12.1. The number of aromatic amines is 1. The zero-order chi connectivity index (χ0) is 18.5. The van der Waals surface area contributed by atoms with Crippen LogP contribution in [0.15, 0.2) is 48.5 Å². The van der Waals surface area contributed by atoms with E-state index in [1.807, 2.05) is 56.3 Å². The van der Waals surface area contributed by atoms with Gasteiger partial charge in [-0.1, -0.05) is 30.3 Å². The number of amides is 2. The van der Waals surface area contributed by atoms with Gasteiger partial charge in [0, 0.05) is 16.6 Å². The Bertz CT molecular complexity index is 946. The number of carbonyl (C=O) groups excluding carboxylic acids is 2. The first kappa shape index (κ1) is 17.5. The van der Waals surface area contributed by atoms with E-state index in [-0.39, 0.29) is 18.9 Å². The summed E-state index contributed by atoms with van der Waals surface area (Å²) in [5.41, 5.74) is 8.70. The lowest BCUT2D eigenvalue weighted by atomic mass is 10.1. The van der Waals surface area contributed by atoms with E-state index in [0.29, 0.717) is 5.75 Å². The molecule has 0 spiro atoms. The van der Waals surface area contributed by atoms with E-state index in [1.54, 1.807) is 6.07 Å². The summed E-state index contributed by atoms with van der Waals surface area (Å²) < 4.78 is 5.40. The lowest BCUT2D eigenvalue weighted by Crippen LogP contribution is -2.44. The van der Waals surface area contributed by atoms with Gasteiger partial charge in [0.05, 0.1) is 6.42 Å². The van der Waals surface area contributed by atoms with Gasteiger partial charge in [-0.05, 0) is 43.2 Å². The predicted octanol–water partition coefficient (Wildman–Crippen LogP) is 2.55. The van der Waals surface area contributed by atoms with Crippen molar-refractivity contribution in [2.24, 2.45) is 0 Å². The smallest absolute Gasteiger partial charge is 0.276 e. The number of carbonyl (C=O) groups is 2. The molecule has 3 rings (SSSR count). The van der Waals surface area contributed by atoms with E-state index in [4.69, 9.17) is 4.74 Å². The highest BCUT2D eigenvalue weighted by molar-refractivity contribution is 5.91. The largest absolute Gasteiger partial charge is 0.484 e. The molecule has 2 aromatic carbocycles. The van der Waals surface area contributed by atoms with Crippen LogP contribution in [-0.2, 0) is 16.0 Å². The Hall–Kier alpha value is -3.28. The second-order valence-electron chi connectivity index (χ2n) is 6.15. The number of hydrogen-bond acceptors (Lipinski definition) is 3. The Morgan fingerprint density at radius 3 is 2.58 bits per heavy atom. The summed E-state index contributed by atoms with van der Waals surface area (Å²) in [4.78, 5) is 27.2. The number of hydrogen-bond donors (Lipinski definition) is 3. The minimum atomic E-state index is -0.421. The Balaban J connectivity index is 1.50. The maximum Gasteiger partial charge on any atom is 0.276 e. The normalized spacial score (nSPS) is 10.5. The third-order valence-corrected chi connectivity index (χ3v) is 4.07. The summed E-state index contributed by atoms with van der Waals surface area (Å²) in [6, 6.07) is 15.2. The standard InChI is InChI=1S/C20H21N3O3/c1-13-6-5-7-15(10-13)26-12-20(25)23-22-19(24)11-17-14(2)21-18-9-4-3-8-16(17)18/h3-10,21H,11-12H2,1-2H3,(H,22,24)(H,23,25). The van der Waals surface area contributed by atoms with Crippen LogP contribution in [0.5, 0.6) is 5.75 Å². The Kier molecular flexibility index (Phi) is 5.22. The van der Waals surface area contributed by atoms with Gasteiger partial charge in [-0.2, -0.15) is 0 Å². The number of aryl methyl sites for hydroxylation is 2. The van der Waals surface area contributed by atoms with Crippen molar-refractivity contribution >= 4 is 22.7 Å². The quantitative estimate of drug-likeness (QED) is 0.618. The fraction of sp³-hybridized carbons (Fsp3) is 0.200. The summed E-state index contributed by atoms with van der Waals surface area (Å²) in [7, 11) is 0. The van der Waals surface area contributed by atoms with Crippen LogP contribution in [0.4, 0.5) is 0 Å². The van der Waals surface area contributed by atoms with Crippen LogP contribution in [0.1, 0.15) is 16.8 Å². The van der Waals surface area contributed by atoms with Crippen LogP contribution in [0.3, 0.4) is 0 Å². The molecule has 2 amide bonds. The lowest BCUT2D eigenvalue weighted by molar-refractivity contribution is -0.129. The molecule has 3 N–H and O–H groups in total. The fourth-order valence-electron chi connectivity index (χ4n) is 2.80. The van der Waals surface area contributed by atoms with E-state index in [1.165, 1.54) is 0 Å². The molecule has 0 fully saturated rings. The van der Waals surface area contributed by atoms with Gasteiger partial charge in [-0.3, -0.25) is 20.4 Å². The van der Waals surface area contributed by atoms with Gasteiger partial charge >= 0.3 is 0 Å². The summed E-state index contributed by atoms with van der Waals surface area (Å²) in [6.07, 6.45) is 0.175. The molecule has 0 saturated carbocycles. The molecule has 0 radical (unpaired) electrons. The molecule has 0 aliphatic rings. The van der Waals surface area contributed by atoms with Gasteiger partial charge in [0.25, 0.3) is 5.91 Å². The second-order valence-corrected chi connectivity index (χ2v) is 6.15. The molecule has 0 saturated heterocycles. The number of nitrogens with one attached hydrogen (secondary N) is 3. The number of fused-ring (bicyclic) bond motifs is 1. The molecule has 1 aromatic heterocycles. The molecular formula is C20H21N3O3. The highest BCUT2D eigenvalue weighted by Gasteiger charge is 2.13. The molecule has 0 atom stereocenters. The van der Waals surface area contributed by atoms with Crippen molar-refractivity contribution in [3.05, 3.63) is 65.4 Å².